The van der Waals surface area contributed by atoms with Gasteiger partial charge in [-0.25, -0.2) is 0 Å². The Morgan fingerprint density at radius 2 is 1.29 bits per heavy atom. The van der Waals surface area contributed by atoms with Crippen LogP contribution in [0.25, 0.3) is 0 Å². The molecule has 0 aliphatic carbocycles. The fraction of sp³-hybridized carbons (Fsp3) is 0.0455. The molecule has 3 aromatic carbocycles. The molecule has 6 heteroatoms. The van der Waals surface area contributed by atoms with Crippen molar-refractivity contribution in [3.05, 3.63) is 84.4 Å². The zero-order valence-electron chi connectivity index (χ0n) is 15.1. The van der Waals surface area contributed by atoms with Crippen LogP contribution < -0.4 is 15.4 Å². The highest BCUT2D eigenvalue weighted by Gasteiger charge is 2.14. The Bertz CT molecular complexity index is 999. The van der Waals surface area contributed by atoms with Crippen molar-refractivity contribution < 1.29 is 19.1 Å². The van der Waals surface area contributed by atoms with Gasteiger partial charge in [0.05, 0.1) is 0 Å². The number of amides is 2. The van der Waals surface area contributed by atoms with Crippen LogP contribution in [0.3, 0.4) is 0 Å². The summed E-state index contributed by atoms with van der Waals surface area (Å²) in [7, 11) is 0. The SMILES string of the molecule is CC(=O)c1cccc(NC(=O)C(=O)Nc2ccc(Oc3ccccc3)cc2)c1. The summed E-state index contributed by atoms with van der Waals surface area (Å²) < 4.78 is 5.68. The molecule has 3 aromatic rings. The maximum Gasteiger partial charge on any atom is 0.314 e. The maximum absolute atomic E-state index is 12.1. The molecule has 0 aliphatic heterocycles. The van der Waals surface area contributed by atoms with Gasteiger partial charge < -0.3 is 15.4 Å². The average Bonchev–Trinajstić information content (AvgIpc) is 2.70. The van der Waals surface area contributed by atoms with Crippen molar-refractivity contribution in [2.75, 3.05) is 10.6 Å². The summed E-state index contributed by atoms with van der Waals surface area (Å²) in [6, 6.07) is 22.4. The number of hydrogen-bond donors (Lipinski definition) is 2. The molecule has 0 unspecified atom stereocenters. The smallest absolute Gasteiger partial charge is 0.314 e. The summed E-state index contributed by atoms with van der Waals surface area (Å²) in [5.74, 6) is -0.463. The van der Waals surface area contributed by atoms with Gasteiger partial charge in [-0.3, -0.25) is 14.4 Å². The Hall–Kier alpha value is -3.93. The third kappa shape index (κ3) is 5.04. The Morgan fingerprint density at radius 3 is 1.93 bits per heavy atom. The van der Waals surface area contributed by atoms with Crippen molar-refractivity contribution in [1.82, 2.24) is 0 Å². The van der Waals surface area contributed by atoms with E-state index in [1.165, 1.54) is 13.0 Å². The van der Waals surface area contributed by atoms with Gasteiger partial charge in [0.1, 0.15) is 11.5 Å². The van der Waals surface area contributed by atoms with Crippen LogP contribution in [0, 0.1) is 0 Å². The number of Topliss-reactive ketones (excluding diaryl/α,β-unsaturated/α-hetero) is 1. The zero-order chi connectivity index (χ0) is 19.9. The lowest BCUT2D eigenvalue weighted by molar-refractivity contribution is -0.132. The van der Waals surface area contributed by atoms with E-state index in [-0.39, 0.29) is 5.78 Å². The highest BCUT2D eigenvalue weighted by atomic mass is 16.5. The van der Waals surface area contributed by atoms with Gasteiger partial charge in [0.25, 0.3) is 0 Å². The van der Waals surface area contributed by atoms with Crippen molar-refractivity contribution >= 4 is 29.0 Å². The first kappa shape index (κ1) is 18.8. The third-order valence-corrected chi connectivity index (χ3v) is 3.82. The van der Waals surface area contributed by atoms with E-state index < -0.39 is 11.8 Å². The molecule has 0 heterocycles. The number of ketones is 1. The Morgan fingerprint density at radius 1 is 0.679 bits per heavy atom. The highest BCUT2D eigenvalue weighted by Crippen LogP contribution is 2.22. The van der Waals surface area contributed by atoms with Crippen LogP contribution >= 0.6 is 0 Å². The standard InChI is InChI=1S/C22H18N2O4/c1-15(25)16-6-5-7-18(14-16)24-22(27)21(26)23-17-10-12-20(13-11-17)28-19-8-3-2-4-9-19/h2-14H,1H3,(H,23,26)(H,24,27). The summed E-state index contributed by atoms with van der Waals surface area (Å²) in [5, 5.41) is 4.99. The van der Waals surface area contributed by atoms with Crippen LogP contribution in [0.2, 0.25) is 0 Å². The molecule has 0 aliphatic rings. The van der Waals surface area contributed by atoms with E-state index in [0.717, 1.165) is 0 Å². The van der Waals surface area contributed by atoms with E-state index >= 15 is 0 Å². The van der Waals surface area contributed by atoms with E-state index in [2.05, 4.69) is 10.6 Å². The number of carbonyl (C=O) groups excluding carboxylic acids is 3. The van der Waals surface area contributed by atoms with Gasteiger partial charge in [-0.2, -0.15) is 0 Å². The van der Waals surface area contributed by atoms with Gasteiger partial charge in [-0.1, -0.05) is 30.3 Å². The van der Waals surface area contributed by atoms with Crippen LogP contribution in [-0.2, 0) is 9.59 Å². The topological polar surface area (TPSA) is 84.5 Å². The van der Waals surface area contributed by atoms with Crippen LogP contribution in [-0.4, -0.2) is 17.6 Å². The summed E-state index contributed by atoms with van der Waals surface area (Å²) in [6.07, 6.45) is 0. The molecule has 0 bridgehead atoms. The van der Waals surface area contributed by atoms with Gasteiger partial charge in [0.15, 0.2) is 5.78 Å². The molecule has 6 nitrogen and oxygen atoms in total. The van der Waals surface area contributed by atoms with E-state index in [1.807, 2.05) is 30.3 Å². The molecule has 0 aromatic heterocycles. The van der Waals surface area contributed by atoms with E-state index in [1.54, 1.807) is 42.5 Å². The second-order valence-corrected chi connectivity index (χ2v) is 5.98. The molecule has 0 saturated carbocycles. The molecule has 0 saturated heterocycles. The third-order valence-electron chi connectivity index (χ3n) is 3.82. The number of anilines is 2. The molecule has 0 fully saturated rings. The Kier molecular flexibility index (Phi) is 5.81. The summed E-state index contributed by atoms with van der Waals surface area (Å²) in [6.45, 7) is 1.43. The molecule has 140 valence electrons. The predicted octanol–water partition coefficient (Wildman–Crippen LogP) is 4.26. The van der Waals surface area contributed by atoms with E-state index in [4.69, 9.17) is 4.74 Å². The fourth-order valence-electron chi connectivity index (χ4n) is 2.42. The molecule has 0 spiro atoms. The molecule has 3 rings (SSSR count). The lowest BCUT2D eigenvalue weighted by Gasteiger charge is -2.09. The first-order valence-corrected chi connectivity index (χ1v) is 8.57. The highest BCUT2D eigenvalue weighted by molar-refractivity contribution is 6.43. The van der Waals surface area contributed by atoms with Crippen LogP contribution in [0.15, 0.2) is 78.9 Å². The summed E-state index contributed by atoms with van der Waals surface area (Å²) in [5.41, 5.74) is 1.28. The van der Waals surface area contributed by atoms with Crippen molar-refractivity contribution in [2.24, 2.45) is 0 Å². The van der Waals surface area contributed by atoms with Gasteiger partial charge in [0.2, 0.25) is 0 Å². The molecular formula is C22H18N2O4. The van der Waals surface area contributed by atoms with Crippen molar-refractivity contribution in [2.45, 2.75) is 6.92 Å². The maximum atomic E-state index is 12.1. The van der Waals surface area contributed by atoms with Gasteiger partial charge in [-0.05, 0) is 55.5 Å². The molecule has 2 N–H and O–H groups in total. The second kappa shape index (κ2) is 8.64. The normalized spacial score (nSPS) is 10.0. The average molecular weight is 374 g/mol. The van der Waals surface area contributed by atoms with Crippen LogP contribution in [0.5, 0.6) is 11.5 Å². The number of benzene rings is 3. The molecule has 28 heavy (non-hydrogen) atoms. The second-order valence-electron chi connectivity index (χ2n) is 5.98. The first-order valence-electron chi connectivity index (χ1n) is 8.57. The lowest BCUT2D eigenvalue weighted by Crippen LogP contribution is -2.29. The summed E-state index contributed by atoms with van der Waals surface area (Å²) >= 11 is 0. The number of carbonyl (C=O) groups is 3. The first-order chi connectivity index (χ1) is 13.5. The van der Waals surface area contributed by atoms with Crippen molar-refractivity contribution in [1.29, 1.82) is 0 Å². The largest absolute Gasteiger partial charge is 0.457 e. The van der Waals surface area contributed by atoms with Crippen molar-refractivity contribution in [3.8, 4) is 11.5 Å². The number of ether oxygens (including phenoxy) is 1. The Balaban J connectivity index is 1.58. The monoisotopic (exact) mass is 374 g/mol. The van der Waals surface area contributed by atoms with Gasteiger partial charge in [-0.15, -0.1) is 0 Å². The molecule has 0 radical (unpaired) electrons. The zero-order valence-corrected chi connectivity index (χ0v) is 15.1. The van der Waals surface area contributed by atoms with Gasteiger partial charge >= 0.3 is 11.8 Å². The van der Waals surface area contributed by atoms with Gasteiger partial charge in [0, 0.05) is 16.9 Å². The van der Waals surface area contributed by atoms with E-state index in [9.17, 15) is 14.4 Å². The summed E-state index contributed by atoms with van der Waals surface area (Å²) in [4.78, 5) is 35.6. The van der Waals surface area contributed by atoms with Crippen LogP contribution in [0.1, 0.15) is 17.3 Å². The number of hydrogen-bond acceptors (Lipinski definition) is 4. The molecule has 0 atom stereocenters. The predicted molar refractivity (Wildman–Crippen MR) is 107 cm³/mol. The lowest BCUT2D eigenvalue weighted by atomic mass is 10.1. The quantitative estimate of drug-likeness (QED) is 0.516. The molecular weight excluding hydrogens is 356 g/mol. The molecule has 2 amide bonds. The number of rotatable bonds is 5. The fourth-order valence-corrected chi connectivity index (χ4v) is 2.42. The number of para-hydroxylation sites is 1. The minimum absolute atomic E-state index is 0.127. The minimum Gasteiger partial charge on any atom is -0.457 e. The van der Waals surface area contributed by atoms with Crippen LogP contribution in [0.4, 0.5) is 11.4 Å². The van der Waals surface area contributed by atoms with Crippen molar-refractivity contribution in [3.63, 3.8) is 0 Å². The Labute approximate surface area is 162 Å². The number of nitrogens with one attached hydrogen (secondary N) is 2. The minimum atomic E-state index is -0.828. The van der Waals surface area contributed by atoms with E-state index in [0.29, 0.717) is 28.4 Å².